The van der Waals surface area contributed by atoms with Gasteiger partial charge < -0.3 is 19.8 Å². The molecule has 236 valence electrons. The molecule has 11 rings (SSSR count). The zero-order valence-electron chi connectivity index (χ0n) is 27.2. The van der Waals surface area contributed by atoms with Crippen LogP contribution in [0, 0.1) is 0 Å². The molecule has 4 heteroatoms. The maximum atomic E-state index is 4.04. The molecule has 0 amide bonds. The lowest BCUT2D eigenvalue weighted by atomic mass is 9.97. The van der Waals surface area contributed by atoms with Gasteiger partial charge in [0.05, 0.1) is 39.5 Å². The van der Waals surface area contributed by atoms with Crippen molar-refractivity contribution in [3.63, 3.8) is 0 Å². The molecule has 0 fully saturated rings. The van der Waals surface area contributed by atoms with Gasteiger partial charge in [0, 0.05) is 27.2 Å². The van der Waals surface area contributed by atoms with Crippen molar-refractivity contribution >= 4 is 76.5 Å². The summed E-state index contributed by atoms with van der Waals surface area (Å²) in [5, 5.41) is 18.2. The lowest BCUT2D eigenvalue weighted by Crippen LogP contribution is -2.34. The van der Waals surface area contributed by atoms with Gasteiger partial charge in [0.1, 0.15) is 6.17 Å². The summed E-state index contributed by atoms with van der Waals surface area (Å²) in [7, 11) is 0. The number of benzene rings is 8. The van der Waals surface area contributed by atoms with E-state index in [1.54, 1.807) is 0 Å². The van der Waals surface area contributed by atoms with Crippen LogP contribution in [0.5, 0.6) is 0 Å². The first-order valence-corrected chi connectivity index (χ1v) is 17.4. The standard InChI is InChI=1S/C46H32N4/c1-2-14-32(15-3-1)49-39-21-11-8-18-35(39)36-28-31(24-25-40(36)49)45-46(48-38-20-10-9-19-37(38)47-45)50-41-26-22-29-12-4-6-16-33(29)43(41)44-34-17-7-5-13-30(34)23-27-42(44)50/h1-28,45-48H. The summed E-state index contributed by atoms with van der Waals surface area (Å²) in [6.45, 7) is 0. The number of anilines is 2. The first-order valence-electron chi connectivity index (χ1n) is 17.4. The molecule has 2 atom stereocenters. The van der Waals surface area contributed by atoms with Crippen LogP contribution in [0.2, 0.25) is 0 Å². The van der Waals surface area contributed by atoms with E-state index in [0.717, 1.165) is 11.4 Å². The summed E-state index contributed by atoms with van der Waals surface area (Å²) in [4.78, 5) is 0. The van der Waals surface area contributed by atoms with Crippen LogP contribution in [0.15, 0.2) is 170 Å². The monoisotopic (exact) mass is 640 g/mol. The molecule has 1 aliphatic heterocycles. The van der Waals surface area contributed by atoms with Crippen LogP contribution in [0.1, 0.15) is 17.8 Å². The average molecular weight is 641 g/mol. The van der Waals surface area contributed by atoms with Gasteiger partial charge in [-0.05, 0) is 81.7 Å². The topological polar surface area (TPSA) is 33.9 Å². The Bertz CT molecular complexity index is 2860. The van der Waals surface area contributed by atoms with E-state index in [9.17, 15) is 0 Å². The van der Waals surface area contributed by atoms with Gasteiger partial charge in [-0.1, -0.05) is 115 Å². The Labute approximate surface area is 288 Å². The molecule has 0 radical (unpaired) electrons. The minimum atomic E-state index is -0.118. The van der Waals surface area contributed by atoms with E-state index < -0.39 is 0 Å². The first kappa shape index (κ1) is 27.4. The highest BCUT2D eigenvalue weighted by Gasteiger charge is 2.33. The number of rotatable bonds is 3. The van der Waals surface area contributed by atoms with Crippen LogP contribution in [-0.2, 0) is 0 Å². The van der Waals surface area contributed by atoms with Crippen LogP contribution in [0.3, 0.4) is 0 Å². The molecule has 3 heterocycles. The molecule has 0 aliphatic carbocycles. The van der Waals surface area contributed by atoms with Gasteiger partial charge in [-0.25, -0.2) is 0 Å². The average Bonchev–Trinajstić information content (AvgIpc) is 3.71. The van der Waals surface area contributed by atoms with E-state index in [2.05, 4.69) is 190 Å². The van der Waals surface area contributed by atoms with Gasteiger partial charge in [-0.2, -0.15) is 0 Å². The summed E-state index contributed by atoms with van der Waals surface area (Å²) in [5.74, 6) is 0. The molecule has 2 unspecified atom stereocenters. The summed E-state index contributed by atoms with van der Waals surface area (Å²) in [5.41, 5.74) is 9.48. The Hall–Kier alpha value is -6.52. The third kappa shape index (κ3) is 3.87. The second-order valence-electron chi connectivity index (χ2n) is 13.5. The summed E-state index contributed by atoms with van der Waals surface area (Å²) in [6, 6.07) is 61.8. The minimum Gasteiger partial charge on any atom is -0.373 e. The van der Waals surface area contributed by atoms with Crippen LogP contribution >= 0.6 is 0 Å². The largest absolute Gasteiger partial charge is 0.373 e. The predicted octanol–water partition coefficient (Wildman–Crippen LogP) is 12.0. The number of nitrogens with one attached hydrogen (secondary N) is 2. The number of hydrogen-bond acceptors (Lipinski definition) is 2. The van der Waals surface area contributed by atoms with Crippen molar-refractivity contribution in [3.05, 3.63) is 175 Å². The van der Waals surface area contributed by atoms with Crippen molar-refractivity contribution in [1.29, 1.82) is 0 Å². The molecular formula is C46H32N4. The van der Waals surface area contributed by atoms with Gasteiger partial charge in [0.25, 0.3) is 0 Å². The zero-order valence-corrected chi connectivity index (χ0v) is 27.2. The van der Waals surface area contributed by atoms with Crippen molar-refractivity contribution in [1.82, 2.24) is 9.13 Å². The number of para-hydroxylation sites is 4. The number of fused-ring (bicyclic) bond motifs is 11. The fourth-order valence-electron chi connectivity index (χ4n) is 8.62. The lowest BCUT2D eigenvalue weighted by Gasteiger charge is -2.38. The van der Waals surface area contributed by atoms with Crippen LogP contribution in [-0.4, -0.2) is 9.13 Å². The van der Waals surface area contributed by atoms with Crippen molar-refractivity contribution < 1.29 is 0 Å². The van der Waals surface area contributed by atoms with Gasteiger partial charge in [0.2, 0.25) is 0 Å². The fourth-order valence-corrected chi connectivity index (χ4v) is 8.62. The smallest absolute Gasteiger partial charge is 0.129 e. The molecule has 4 nitrogen and oxygen atoms in total. The highest BCUT2D eigenvalue weighted by Crippen LogP contribution is 2.47. The summed E-state index contributed by atoms with van der Waals surface area (Å²) < 4.78 is 4.94. The van der Waals surface area contributed by atoms with Gasteiger partial charge in [-0.3, -0.25) is 0 Å². The van der Waals surface area contributed by atoms with E-state index in [1.807, 2.05) is 0 Å². The normalized spacial score (nSPS) is 15.9. The van der Waals surface area contributed by atoms with Gasteiger partial charge >= 0.3 is 0 Å². The number of aromatic nitrogens is 2. The van der Waals surface area contributed by atoms with Crippen molar-refractivity contribution in [2.45, 2.75) is 12.2 Å². The predicted molar refractivity (Wildman–Crippen MR) is 211 cm³/mol. The molecule has 10 aromatic rings. The minimum absolute atomic E-state index is 0.0649. The lowest BCUT2D eigenvalue weighted by molar-refractivity contribution is 0.506. The van der Waals surface area contributed by atoms with Crippen LogP contribution in [0.4, 0.5) is 11.4 Å². The van der Waals surface area contributed by atoms with E-state index in [-0.39, 0.29) is 12.2 Å². The molecule has 0 saturated carbocycles. The van der Waals surface area contributed by atoms with Crippen LogP contribution < -0.4 is 10.6 Å². The molecule has 8 aromatic carbocycles. The van der Waals surface area contributed by atoms with Gasteiger partial charge in [-0.15, -0.1) is 0 Å². The van der Waals surface area contributed by atoms with E-state index >= 15 is 0 Å². The zero-order chi connectivity index (χ0) is 32.8. The van der Waals surface area contributed by atoms with E-state index in [1.165, 1.54) is 76.4 Å². The number of hydrogen-bond donors (Lipinski definition) is 2. The molecule has 0 bridgehead atoms. The van der Waals surface area contributed by atoms with Gasteiger partial charge in [0.15, 0.2) is 0 Å². The summed E-state index contributed by atoms with van der Waals surface area (Å²) >= 11 is 0. The van der Waals surface area contributed by atoms with E-state index in [0.29, 0.717) is 0 Å². The highest BCUT2D eigenvalue weighted by molar-refractivity contribution is 6.28. The van der Waals surface area contributed by atoms with E-state index in [4.69, 9.17) is 0 Å². The third-order valence-corrected chi connectivity index (χ3v) is 10.8. The first-order chi connectivity index (χ1) is 24.8. The Morgan fingerprint density at radius 2 is 0.940 bits per heavy atom. The third-order valence-electron chi connectivity index (χ3n) is 10.8. The van der Waals surface area contributed by atoms with Crippen molar-refractivity contribution in [2.75, 3.05) is 10.6 Å². The SMILES string of the molecule is c1ccc(-n2c3ccccc3c3cc(C4Nc5ccccc5NC4n4c5ccc6ccccc6c5c5c6ccccc6ccc54)ccc32)cc1. The van der Waals surface area contributed by atoms with Crippen molar-refractivity contribution in [2.24, 2.45) is 0 Å². The molecule has 2 N–H and O–H groups in total. The number of nitrogens with zero attached hydrogens (tertiary/aromatic N) is 2. The second-order valence-corrected chi connectivity index (χ2v) is 13.5. The maximum Gasteiger partial charge on any atom is 0.129 e. The van der Waals surface area contributed by atoms with Crippen molar-refractivity contribution in [3.8, 4) is 5.69 Å². The summed E-state index contributed by atoms with van der Waals surface area (Å²) in [6.07, 6.45) is -0.118. The molecule has 0 saturated heterocycles. The maximum absolute atomic E-state index is 4.04. The highest BCUT2D eigenvalue weighted by atomic mass is 15.3. The Kier molecular flexibility index (Phi) is 5.75. The molecule has 50 heavy (non-hydrogen) atoms. The van der Waals surface area contributed by atoms with Crippen LogP contribution in [0.25, 0.3) is 70.8 Å². The molecular weight excluding hydrogens is 609 g/mol. The quantitative estimate of drug-likeness (QED) is 0.201. The molecule has 1 aliphatic rings. The Balaban J connectivity index is 1.20. The fraction of sp³-hybridized carbons (Fsp3) is 0.0435. The second kappa shape index (κ2) is 10.5. The molecule has 0 spiro atoms. The Morgan fingerprint density at radius 1 is 0.400 bits per heavy atom. The Morgan fingerprint density at radius 3 is 1.64 bits per heavy atom. The molecule has 2 aromatic heterocycles.